The first-order chi connectivity index (χ1) is 11.3. The second-order valence-corrected chi connectivity index (χ2v) is 6.81. The van der Waals surface area contributed by atoms with E-state index in [9.17, 15) is 5.11 Å². The molecule has 118 valence electrons. The molecule has 0 radical (unpaired) electrons. The molecule has 2 N–H and O–H groups in total. The van der Waals surface area contributed by atoms with E-state index in [1.165, 1.54) is 0 Å². The minimum absolute atomic E-state index is 0.212. The topological polar surface area (TPSA) is 70.9 Å². The monoisotopic (exact) mass is 326 g/mol. The van der Waals surface area contributed by atoms with Crippen LogP contribution in [-0.4, -0.2) is 32.2 Å². The van der Waals surface area contributed by atoms with Crippen LogP contribution >= 0.6 is 11.3 Å². The van der Waals surface area contributed by atoms with Crippen molar-refractivity contribution in [3.63, 3.8) is 0 Å². The van der Waals surface area contributed by atoms with E-state index in [0.717, 1.165) is 47.4 Å². The third-order valence-electron chi connectivity index (χ3n) is 4.21. The number of rotatable bonds is 3. The third-order valence-corrected chi connectivity index (χ3v) is 5.01. The number of aliphatic hydroxyl groups is 1. The van der Waals surface area contributed by atoms with E-state index in [1.54, 1.807) is 17.5 Å². The van der Waals surface area contributed by atoms with E-state index in [1.807, 2.05) is 29.6 Å². The molecular formula is C17H18N4OS. The number of aromatic nitrogens is 3. The van der Waals surface area contributed by atoms with Gasteiger partial charge in [-0.3, -0.25) is 4.98 Å². The van der Waals surface area contributed by atoms with Crippen LogP contribution in [0.2, 0.25) is 0 Å². The molecule has 1 aliphatic rings. The van der Waals surface area contributed by atoms with Crippen molar-refractivity contribution < 1.29 is 5.11 Å². The van der Waals surface area contributed by atoms with Gasteiger partial charge in [0.2, 0.25) is 0 Å². The number of nitrogens with one attached hydrogen (secondary N) is 1. The van der Waals surface area contributed by atoms with E-state index in [-0.39, 0.29) is 12.1 Å². The van der Waals surface area contributed by atoms with Crippen LogP contribution in [-0.2, 0) is 0 Å². The molecule has 1 fully saturated rings. The van der Waals surface area contributed by atoms with E-state index in [2.05, 4.69) is 15.3 Å². The highest BCUT2D eigenvalue weighted by Crippen LogP contribution is 2.30. The summed E-state index contributed by atoms with van der Waals surface area (Å²) in [6.07, 6.45) is 5.32. The first kappa shape index (κ1) is 14.5. The quantitative estimate of drug-likeness (QED) is 0.771. The lowest BCUT2D eigenvalue weighted by molar-refractivity contribution is 0.124. The maximum absolute atomic E-state index is 9.88. The van der Waals surface area contributed by atoms with Gasteiger partial charge in [0.25, 0.3) is 0 Å². The summed E-state index contributed by atoms with van der Waals surface area (Å²) in [5.41, 5.74) is 0.773. The maximum Gasteiger partial charge on any atom is 0.181 e. The summed E-state index contributed by atoms with van der Waals surface area (Å²) in [6, 6.07) is 8.05. The largest absolute Gasteiger partial charge is 0.393 e. The summed E-state index contributed by atoms with van der Waals surface area (Å²) in [5.74, 6) is 1.48. The lowest BCUT2D eigenvalue weighted by Gasteiger charge is -2.27. The predicted molar refractivity (Wildman–Crippen MR) is 92.5 cm³/mol. The molecule has 3 heterocycles. The predicted octanol–water partition coefficient (Wildman–Crippen LogP) is 3.47. The molecule has 1 aliphatic carbocycles. The Morgan fingerprint density at radius 3 is 2.96 bits per heavy atom. The highest BCUT2D eigenvalue weighted by atomic mass is 32.1. The zero-order chi connectivity index (χ0) is 15.6. The van der Waals surface area contributed by atoms with Gasteiger partial charge in [-0.05, 0) is 49.3 Å². The fourth-order valence-electron chi connectivity index (χ4n) is 3.06. The van der Waals surface area contributed by atoms with Crippen LogP contribution in [0.3, 0.4) is 0 Å². The van der Waals surface area contributed by atoms with Crippen molar-refractivity contribution in [3.8, 4) is 11.5 Å². The van der Waals surface area contributed by atoms with Crippen LogP contribution in [0.15, 0.2) is 35.8 Å². The van der Waals surface area contributed by atoms with Gasteiger partial charge in [0.05, 0.1) is 11.5 Å². The van der Waals surface area contributed by atoms with Crippen LogP contribution in [0.25, 0.3) is 21.7 Å². The maximum atomic E-state index is 9.88. The fraction of sp³-hybridized carbons (Fsp3) is 0.353. The number of hydrogen-bond acceptors (Lipinski definition) is 6. The smallest absolute Gasteiger partial charge is 0.181 e. The standard InChI is InChI=1S/C17H18N4OS/c22-12-5-3-4-11(10-12)19-15-13-7-9-23-17(13)21-16(20-15)14-6-1-2-8-18-14/h1-2,6-9,11-12,22H,3-5,10H2,(H,19,20,21). The van der Waals surface area contributed by atoms with Gasteiger partial charge < -0.3 is 10.4 Å². The molecule has 3 aromatic rings. The van der Waals surface area contributed by atoms with E-state index in [0.29, 0.717) is 5.82 Å². The normalized spacial score (nSPS) is 21.4. The van der Waals surface area contributed by atoms with Gasteiger partial charge in [0, 0.05) is 12.2 Å². The average Bonchev–Trinajstić information content (AvgIpc) is 3.04. The number of aliphatic hydroxyl groups excluding tert-OH is 1. The molecular weight excluding hydrogens is 308 g/mol. The van der Waals surface area contributed by atoms with Gasteiger partial charge in [0.1, 0.15) is 16.3 Å². The molecule has 2 unspecified atom stereocenters. The third kappa shape index (κ3) is 3.04. The fourth-order valence-corrected chi connectivity index (χ4v) is 3.83. The Bertz CT molecular complexity index is 805. The summed E-state index contributed by atoms with van der Waals surface area (Å²) in [7, 11) is 0. The van der Waals surface area contributed by atoms with Gasteiger partial charge in [-0.2, -0.15) is 0 Å². The Labute approximate surface area is 138 Å². The van der Waals surface area contributed by atoms with Gasteiger partial charge in [-0.1, -0.05) is 6.07 Å². The summed E-state index contributed by atoms with van der Waals surface area (Å²) >= 11 is 1.60. The second kappa shape index (κ2) is 6.22. The Morgan fingerprint density at radius 1 is 1.17 bits per heavy atom. The second-order valence-electron chi connectivity index (χ2n) is 5.91. The summed E-state index contributed by atoms with van der Waals surface area (Å²) in [5, 5.41) is 16.5. The van der Waals surface area contributed by atoms with Crippen LogP contribution in [0.4, 0.5) is 5.82 Å². The zero-order valence-corrected chi connectivity index (χ0v) is 13.5. The first-order valence-corrected chi connectivity index (χ1v) is 8.79. The molecule has 2 atom stereocenters. The summed E-state index contributed by atoms with van der Waals surface area (Å²) in [6.45, 7) is 0. The zero-order valence-electron chi connectivity index (χ0n) is 12.6. The summed E-state index contributed by atoms with van der Waals surface area (Å²) < 4.78 is 0. The molecule has 6 heteroatoms. The number of thiophene rings is 1. The van der Waals surface area contributed by atoms with Crippen molar-refractivity contribution >= 4 is 27.4 Å². The highest BCUT2D eigenvalue weighted by Gasteiger charge is 2.21. The Hall–Kier alpha value is -2.05. The SMILES string of the molecule is OC1CCCC(Nc2nc(-c3ccccn3)nc3sccc23)C1. The van der Waals surface area contributed by atoms with E-state index >= 15 is 0 Å². The molecule has 3 aromatic heterocycles. The lowest BCUT2D eigenvalue weighted by atomic mass is 9.93. The highest BCUT2D eigenvalue weighted by molar-refractivity contribution is 7.16. The van der Waals surface area contributed by atoms with Crippen molar-refractivity contribution in [1.29, 1.82) is 0 Å². The molecule has 0 bridgehead atoms. The molecule has 23 heavy (non-hydrogen) atoms. The molecule has 0 amide bonds. The minimum Gasteiger partial charge on any atom is -0.393 e. The average molecular weight is 326 g/mol. The molecule has 0 aliphatic heterocycles. The number of pyridine rings is 1. The van der Waals surface area contributed by atoms with Crippen LogP contribution < -0.4 is 5.32 Å². The van der Waals surface area contributed by atoms with Gasteiger partial charge >= 0.3 is 0 Å². The number of fused-ring (bicyclic) bond motifs is 1. The summed E-state index contributed by atoms with van der Waals surface area (Å²) in [4.78, 5) is 14.6. The number of anilines is 1. The van der Waals surface area contributed by atoms with E-state index in [4.69, 9.17) is 4.98 Å². The Kier molecular flexibility index (Phi) is 3.93. The Balaban J connectivity index is 1.71. The molecule has 4 rings (SSSR count). The Morgan fingerprint density at radius 2 is 2.13 bits per heavy atom. The lowest BCUT2D eigenvalue weighted by Crippen LogP contribution is -2.30. The van der Waals surface area contributed by atoms with Crippen LogP contribution in [0.5, 0.6) is 0 Å². The van der Waals surface area contributed by atoms with Gasteiger partial charge in [-0.15, -0.1) is 11.3 Å². The molecule has 0 saturated heterocycles. The van der Waals surface area contributed by atoms with Gasteiger partial charge in [0.15, 0.2) is 5.82 Å². The van der Waals surface area contributed by atoms with Crippen LogP contribution in [0, 0.1) is 0 Å². The number of hydrogen-bond donors (Lipinski definition) is 2. The first-order valence-electron chi connectivity index (χ1n) is 7.91. The molecule has 5 nitrogen and oxygen atoms in total. The van der Waals surface area contributed by atoms with E-state index < -0.39 is 0 Å². The van der Waals surface area contributed by atoms with Gasteiger partial charge in [-0.25, -0.2) is 9.97 Å². The number of nitrogens with zero attached hydrogens (tertiary/aromatic N) is 3. The van der Waals surface area contributed by atoms with Crippen molar-refractivity contribution in [2.24, 2.45) is 0 Å². The minimum atomic E-state index is -0.212. The van der Waals surface area contributed by atoms with Crippen molar-refractivity contribution in [2.75, 3.05) is 5.32 Å². The molecule has 1 saturated carbocycles. The van der Waals surface area contributed by atoms with Crippen molar-refractivity contribution in [2.45, 2.75) is 37.8 Å². The van der Waals surface area contributed by atoms with Crippen LogP contribution in [0.1, 0.15) is 25.7 Å². The van der Waals surface area contributed by atoms with Crippen molar-refractivity contribution in [1.82, 2.24) is 15.0 Å². The molecule has 0 spiro atoms. The van der Waals surface area contributed by atoms with Crippen molar-refractivity contribution in [3.05, 3.63) is 35.8 Å². The molecule has 0 aromatic carbocycles.